The summed E-state index contributed by atoms with van der Waals surface area (Å²) in [6.07, 6.45) is 7.71. The van der Waals surface area contributed by atoms with E-state index in [1.54, 1.807) is 0 Å². The second-order valence-corrected chi connectivity index (χ2v) is 5.41. The molecule has 0 radical (unpaired) electrons. The van der Waals surface area contributed by atoms with E-state index in [9.17, 15) is 0 Å². The predicted molar refractivity (Wildman–Crippen MR) is 74.6 cm³/mol. The monoisotopic (exact) mass is 250 g/mol. The van der Waals surface area contributed by atoms with E-state index in [1.807, 2.05) is 23.1 Å². The SMILES string of the molecule is CCCN1CCC(NC(C)Cn2cccn2)CC1. The Hall–Kier alpha value is -0.870. The molecule has 4 heteroatoms. The lowest BCUT2D eigenvalue weighted by Crippen LogP contribution is -2.46. The molecule has 1 unspecified atom stereocenters. The predicted octanol–water partition coefficient (Wildman–Crippen LogP) is 1.74. The number of rotatable bonds is 6. The highest BCUT2D eigenvalue weighted by atomic mass is 15.3. The number of aromatic nitrogens is 2. The van der Waals surface area contributed by atoms with Crippen LogP contribution in [0.15, 0.2) is 18.5 Å². The van der Waals surface area contributed by atoms with Gasteiger partial charge in [-0.25, -0.2) is 0 Å². The zero-order valence-corrected chi connectivity index (χ0v) is 11.7. The standard InChI is InChI=1S/C14H26N4/c1-3-8-17-10-5-14(6-11-17)16-13(2)12-18-9-4-7-15-18/h4,7,9,13-14,16H,3,5-6,8,10-12H2,1-2H3. The van der Waals surface area contributed by atoms with Crippen molar-refractivity contribution in [2.24, 2.45) is 0 Å². The molecular formula is C14H26N4. The minimum absolute atomic E-state index is 0.493. The van der Waals surface area contributed by atoms with Gasteiger partial charge in [-0.3, -0.25) is 4.68 Å². The number of nitrogens with one attached hydrogen (secondary N) is 1. The zero-order valence-electron chi connectivity index (χ0n) is 11.7. The molecule has 1 atom stereocenters. The normalized spacial score (nSPS) is 20.1. The summed E-state index contributed by atoms with van der Waals surface area (Å²) in [5.41, 5.74) is 0. The Labute approximate surface area is 110 Å². The van der Waals surface area contributed by atoms with Crippen LogP contribution in [-0.4, -0.2) is 46.4 Å². The van der Waals surface area contributed by atoms with Crippen LogP contribution < -0.4 is 5.32 Å². The van der Waals surface area contributed by atoms with Gasteiger partial charge in [0.2, 0.25) is 0 Å². The first-order chi connectivity index (χ1) is 8.78. The van der Waals surface area contributed by atoms with E-state index in [-0.39, 0.29) is 0 Å². The number of hydrogen-bond donors (Lipinski definition) is 1. The number of hydrogen-bond acceptors (Lipinski definition) is 3. The Morgan fingerprint density at radius 2 is 2.17 bits per heavy atom. The molecule has 1 aromatic rings. The smallest absolute Gasteiger partial charge is 0.0560 e. The summed E-state index contributed by atoms with van der Waals surface area (Å²) in [4.78, 5) is 2.58. The third-order valence-electron chi connectivity index (χ3n) is 3.67. The molecule has 0 spiro atoms. The molecule has 102 valence electrons. The van der Waals surface area contributed by atoms with Gasteiger partial charge in [-0.2, -0.15) is 5.10 Å². The number of likely N-dealkylation sites (tertiary alicyclic amines) is 1. The molecule has 1 aliphatic rings. The molecule has 0 bridgehead atoms. The van der Waals surface area contributed by atoms with Crippen LogP contribution in [0.2, 0.25) is 0 Å². The van der Waals surface area contributed by atoms with Crippen molar-refractivity contribution in [3.8, 4) is 0 Å². The van der Waals surface area contributed by atoms with Crippen LogP contribution in [-0.2, 0) is 6.54 Å². The Balaban J connectivity index is 1.68. The van der Waals surface area contributed by atoms with Crippen molar-refractivity contribution in [2.75, 3.05) is 19.6 Å². The average Bonchev–Trinajstić information content (AvgIpc) is 2.84. The highest BCUT2D eigenvalue weighted by Crippen LogP contribution is 2.11. The minimum atomic E-state index is 0.493. The van der Waals surface area contributed by atoms with Gasteiger partial charge >= 0.3 is 0 Å². The first-order valence-electron chi connectivity index (χ1n) is 7.23. The van der Waals surface area contributed by atoms with Gasteiger partial charge in [-0.15, -0.1) is 0 Å². The molecule has 1 N–H and O–H groups in total. The van der Waals surface area contributed by atoms with Gasteiger partial charge in [0.15, 0.2) is 0 Å². The third kappa shape index (κ3) is 4.10. The molecule has 4 nitrogen and oxygen atoms in total. The van der Waals surface area contributed by atoms with Crippen LogP contribution in [0.25, 0.3) is 0 Å². The van der Waals surface area contributed by atoms with Crippen molar-refractivity contribution in [3.05, 3.63) is 18.5 Å². The summed E-state index contributed by atoms with van der Waals surface area (Å²) in [7, 11) is 0. The topological polar surface area (TPSA) is 33.1 Å². The van der Waals surface area contributed by atoms with Crippen LogP contribution in [0.1, 0.15) is 33.1 Å². The molecule has 0 amide bonds. The van der Waals surface area contributed by atoms with Gasteiger partial charge in [0.25, 0.3) is 0 Å². The second kappa shape index (κ2) is 6.90. The van der Waals surface area contributed by atoms with E-state index >= 15 is 0 Å². The molecule has 18 heavy (non-hydrogen) atoms. The summed E-state index contributed by atoms with van der Waals surface area (Å²) in [6, 6.07) is 3.16. The highest BCUT2D eigenvalue weighted by molar-refractivity contribution is 4.82. The van der Waals surface area contributed by atoms with Gasteiger partial charge < -0.3 is 10.2 Å². The summed E-state index contributed by atoms with van der Waals surface area (Å²) in [5, 5.41) is 7.99. The number of nitrogens with zero attached hydrogens (tertiary/aromatic N) is 3. The highest BCUT2D eigenvalue weighted by Gasteiger charge is 2.19. The lowest BCUT2D eigenvalue weighted by molar-refractivity contribution is 0.189. The van der Waals surface area contributed by atoms with Gasteiger partial charge in [0.1, 0.15) is 0 Å². The van der Waals surface area contributed by atoms with Crippen LogP contribution in [0.3, 0.4) is 0 Å². The van der Waals surface area contributed by atoms with Crippen molar-refractivity contribution in [1.82, 2.24) is 20.0 Å². The van der Waals surface area contributed by atoms with Crippen molar-refractivity contribution < 1.29 is 0 Å². The van der Waals surface area contributed by atoms with Crippen molar-refractivity contribution in [3.63, 3.8) is 0 Å². The second-order valence-electron chi connectivity index (χ2n) is 5.41. The van der Waals surface area contributed by atoms with E-state index in [0.29, 0.717) is 12.1 Å². The molecule has 0 aromatic carbocycles. The maximum absolute atomic E-state index is 4.25. The fraction of sp³-hybridized carbons (Fsp3) is 0.786. The van der Waals surface area contributed by atoms with E-state index in [1.165, 1.54) is 38.9 Å². The summed E-state index contributed by atoms with van der Waals surface area (Å²) >= 11 is 0. The first kappa shape index (κ1) is 13.6. The van der Waals surface area contributed by atoms with Gasteiger partial charge in [0, 0.05) is 24.5 Å². The summed E-state index contributed by atoms with van der Waals surface area (Å²) < 4.78 is 2.00. The maximum atomic E-state index is 4.25. The largest absolute Gasteiger partial charge is 0.310 e. The molecule has 2 rings (SSSR count). The van der Waals surface area contributed by atoms with Crippen LogP contribution in [0.5, 0.6) is 0 Å². The van der Waals surface area contributed by atoms with Crippen LogP contribution in [0.4, 0.5) is 0 Å². The fourth-order valence-electron chi connectivity index (χ4n) is 2.78. The van der Waals surface area contributed by atoms with Crippen molar-refractivity contribution >= 4 is 0 Å². The van der Waals surface area contributed by atoms with Crippen LogP contribution >= 0.6 is 0 Å². The molecule has 2 heterocycles. The Morgan fingerprint density at radius 1 is 1.39 bits per heavy atom. The van der Waals surface area contributed by atoms with Crippen LogP contribution in [0, 0.1) is 0 Å². The third-order valence-corrected chi connectivity index (χ3v) is 3.67. The maximum Gasteiger partial charge on any atom is 0.0560 e. The van der Waals surface area contributed by atoms with E-state index in [0.717, 1.165) is 6.54 Å². The lowest BCUT2D eigenvalue weighted by Gasteiger charge is -2.33. The number of piperidine rings is 1. The molecular weight excluding hydrogens is 224 g/mol. The van der Waals surface area contributed by atoms with E-state index in [2.05, 4.69) is 29.2 Å². The average molecular weight is 250 g/mol. The molecule has 0 aliphatic carbocycles. The molecule has 1 fully saturated rings. The van der Waals surface area contributed by atoms with E-state index in [4.69, 9.17) is 0 Å². The molecule has 1 aromatic heterocycles. The molecule has 1 aliphatic heterocycles. The minimum Gasteiger partial charge on any atom is -0.310 e. The fourth-order valence-corrected chi connectivity index (χ4v) is 2.78. The molecule has 1 saturated heterocycles. The molecule has 0 saturated carbocycles. The summed E-state index contributed by atoms with van der Waals surface area (Å²) in [6.45, 7) is 9.23. The quantitative estimate of drug-likeness (QED) is 0.835. The zero-order chi connectivity index (χ0) is 12.8. The first-order valence-corrected chi connectivity index (χ1v) is 7.23. The van der Waals surface area contributed by atoms with Gasteiger partial charge in [0.05, 0.1) is 6.54 Å². The van der Waals surface area contributed by atoms with Crippen molar-refractivity contribution in [2.45, 2.75) is 51.7 Å². The Bertz CT molecular complexity index is 315. The van der Waals surface area contributed by atoms with Gasteiger partial charge in [-0.05, 0) is 51.9 Å². The Morgan fingerprint density at radius 3 is 2.78 bits per heavy atom. The van der Waals surface area contributed by atoms with E-state index < -0.39 is 0 Å². The summed E-state index contributed by atoms with van der Waals surface area (Å²) in [5.74, 6) is 0. The lowest BCUT2D eigenvalue weighted by atomic mass is 10.0. The van der Waals surface area contributed by atoms with Crippen molar-refractivity contribution in [1.29, 1.82) is 0 Å². The van der Waals surface area contributed by atoms with Gasteiger partial charge in [-0.1, -0.05) is 6.92 Å². The Kier molecular flexibility index (Phi) is 5.20.